The molecule has 4 heteroatoms. The van der Waals surface area contributed by atoms with Crippen molar-refractivity contribution in [3.63, 3.8) is 0 Å². The summed E-state index contributed by atoms with van der Waals surface area (Å²) in [6, 6.07) is 3.44. The Labute approximate surface area is 114 Å². The fraction of sp³-hybridized carbons (Fsp3) is 0.467. The molecule has 104 valence electrons. The number of esters is 1. The van der Waals surface area contributed by atoms with Gasteiger partial charge in [0, 0.05) is 12.2 Å². The summed E-state index contributed by atoms with van der Waals surface area (Å²) in [5.41, 5.74) is 0.804. The van der Waals surface area contributed by atoms with Crippen molar-refractivity contribution in [2.24, 2.45) is 0 Å². The zero-order chi connectivity index (χ0) is 14.5. The van der Waals surface area contributed by atoms with Gasteiger partial charge in [-0.1, -0.05) is 6.08 Å². The van der Waals surface area contributed by atoms with Crippen LogP contribution in [-0.2, 0) is 4.74 Å². The van der Waals surface area contributed by atoms with Crippen LogP contribution in [0.4, 0.5) is 5.82 Å². The molecule has 0 saturated heterocycles. The molecule has 0 unspecified atom stereocenters. The molecule has 0 fully saturated rings. The summed E-state index contributed by atoms with van der Waals surface area (Å²) in [6.45, 7) is 11.8. The molecule has 1 aromatic rings. The largest absolute Gasteiger partial charge is 0.456 e. The molecule has 0 atom stereocenters. The number of rotatable bonds is 5. The zero-order valence-corrected chi connectivity index (χ0v) is 12.1. The summed E-state index contributed by atoms with van der Waals surface area (Å²) in [7, 11) is 0. The normalized spacial score (nSPS) is 10.9. The molecule has 1 aromatic heterocycles. The van der Waals surface area contributed by atoms with Crippen LogP contribution in [0.3, 0.4) is 0 Å². The number of aromatic nitrogens is 1. The topological polar surface area (TPSA) is 51.2 Å². The van der Waals surface area contributed by atoms with Crippen LogP contribution in [-0.4, -0.2) is 23.1 Å². The molecule has 0 saturated carbocycles. The van der Waals surface area contributed by atoms with Crippen molar-refractivity contribution in [1.29, 1.82) is 0 Å². The minimum absolute atomic E-state index is 0.329. The van der Waals surface area contributed by atoms with Crippen molar-refractivity contribution in [2.45, 2.75) is 39.7 Å². The van der Waals surface area contributed by atoms with Gasteiger partial charge in [0.05, 0.1) is 5.56 Å². The third kappa shape index (κ3) is 5.55. The molecule has 0 aliphatic rings. The van der Waals surface area contributed by atoms with Gasteiger partial charge in [-0.3, -0.25) is 0 Å². The lowest BCUT2D eigenvalue weighted by atomic mass is 10.1. The van der Waals surface area contributed by atoms with Gasteiger partial charge < -0.3 is 10.1 Å². The number of nitrogens with zero attached hydrogens (tertiary/aromatic N) is 1. The molecule has 0 aliphatic carbocycles. The van der Waals surface area contributed by atoms with Crippen molar-refractivity contribution in [1.82, 2.24) is 4.98 Å². The number of pyridine rings is 1. The Kier molecular flexibility index (Phi) is 5.10. The Morgan fingerprint density at radius 2 is 2.16 bits per heavy atom. The fourth-order valence-electron chi connectivity index (χ4n) is 1.52. The standard InChI is InChI=1S/C15H22N2O2/c1-6-7-8-16-13-10-12(9-11(2)17-13)14(18)19-15(3,4)5/h6,9-10H,1,7-8H2,2-5H3,(H,16,17). The highest BCUT2D eigenvalue weighted by Crippen LogP contribution is 2.15. The van der Waals surface area contributed by atoms with Gasteiger partial charge in [-0.15, -0.1) is 6.58 Å². The lowest BCUT2D eigenvalue weighted by Gasteiger charge is -2.19. The van der Waals surface area contributed by atoms with Crippen molar-refractivity contribution >= 4 is 11.8 Å². The van der Waals surface area contributed by atoms with E-state index in [2.05, 4.69) is 16.9 Å². The monoisotopic (exact) mass is 262 g/mol. The number of hydrogen-bond donors (Lipinski definition) is 1. The molecule has 4 nitrogen and oxygen atoms in total. The van der Waals surface area contributed by atoms with Gasteiger partial charge >= 0.3 is 5.97 Å². The number of anilines is 1. The summed E-state index contributed by atoms with van der Waals surface area (Å²) >= 11 is 0. The van der Waals surface area contributed by atoms with Crippen LogP contribution in [0.5, 0.6) is 0 Å². The van der Waals surface area contributed by atoms with Crippen molar-refractivity contribution in [3.05, 3.63) is 36.0 Å². The van der Waals surface area contributed by atoms with Gasteiger partial charge in [-0.2, -0.15) is 0 Å². The maximum Gasteiger partial charge on any atom is 0.338 e. The second kappa shape index (κ2) is 6.36. The first-order valence-electron chi connectivity index (χ1n) is 6.38. The zero-order valence-electron chi connectivity index (χ0n) is 12.1. The average molecular weight is 262 g/mol. The third-order valence-electron chi connectivity index (χ3n) is 2.24. The number of ether oxygens (including phenoxy) is 1. The highest BCUT2D eigenvalue weighted by Gasteiger charge is 2.18. The summed E-state index contributed by atoms with van der Waals surface area (Å²) in [6.07, 6.45) is 2.68. The van der Waals surface area contributed by atoms with E-state index in [-0.39, 0.29) is 5.97 Å². The lowest BCUT2D eigenvalue weighted by Crippen LogP contribution is -2.24. The van der Waals surface area contributed by atoms with E-state index in [1.54, 1.807) is 12.1 Å². The SMILES string of the molecule is C=CCCNc1cc(C(=O)OC(C)(C)C)cc(C)n1. The Balaban J connectivity index is 2.83. The third-order valence-corrected chi connectivity index (χ3v) is 2.24. The first-order chi connectivity index (χ1) is 8.81. The molecule has 0 bridgehead atoms. The molecular weight excluding hydrogens is 240 g/mol. The minimum Gasteiger partial charge on any atom is -0.456 e. The van der Waals surface area contributed by atoms with E-state index in [0.717, 1.165) is 18.7 Å². The van der Waals surface area contributed by atoms with E-state index < -0.39 is 5.60 Å². The van der Waals surface area contributed by atoms with E-state index in [1.165, 1.54) is 0 Å². The second-order valence-electron chi connectivity index (χ2n) is 5.39. The summed E-state index contributed by atoms with van der Waals surface area (Å²) < 4.78 is 5.35. The van der Waals surface area contributed by atoms with Crippen LogP contribution in [0.25, 0.3) is 0 Å². The van der Waals surface area contributed by atoms with E-state index in [9.17, 15) is 4.79 Å². The number of carbonyl (C=O) groups excluding carboxylic acids is 1. The molecule has 19 heavy (non-hydrogen) atoms. The fourth-order valence-corrected chi connectivity index (χ4v) is 1.52. The highest BCUT2D eigenvalue weighted by molar-refractivity contribution is 5.90. The van der Waals surface area contributed by atoms with Crippen molar-refractivity contribution in [3.8, 4) is 0 Å². The number of hydrogen-bond acceptors (Lipinski definition) is 4. The average Bonchev–Trinajstić information content (AvgIpc) is 2.26. The molecule has 0 spiro atoms. The van der Waals surface area contributed by atoms with Crippen LogP contribution >= 0.6 is 0 Å². The molecular formula is C15H22N2O2. The summed E-state index contributed by atoms with van der Waals surface area (Å²) in [5, 5.41) is 3.15. The Bertz CT molecular complexity index is 462. The molecule has 1 heterocycles. The van der Waals surface area contributed by atoms with Crippen molar-refractivity contribution in [2.75, 3.05) is 11.9 Å². The van der Waals surface area contributed by atoms with Gasteiger partial charge in [0.2, 0.25) is 0 Å². The van der Waals surface area contributed by atoms with Gasteiger partial charge in [-0.25, -0.2) is 9.78 Å². The van der Waals surface area contributed by atoms with E-state index in [4.69, 9.17) is 4.74 Å². The number of carbonyl (C=O) groups is 1. The quantitative estimate of drug-likeness (QED) is 0.502. The molecule has 0 aliphatic heterocycles. The first-order valence-corrected chi connectivity index (χ1v) is 6.38. The van der Waals surface area contributed by atoms with E-state index in [1.807, 2.05) is 33.8 Å². The molecule has 1 rings (SSSR count). The Morgan fingerprint density at radius 3 is 2.74 bits per heavy atom. The second-order valence-corrected chi connectivity index (χ2v) is 5.39. The molecule has 0 radical (unpaired) electrons. The van der Waals surface area contributed by atoms with Crippen LogP contribution in [0.2, 0.25) is 0 Å². The van der Waals surface area contributed by atoms with Crippen LogP contribution in [0.1, 0.15) is 43.2 Å². The Hall–Kier alpha value is -1.84. The summed E-state index contributed by atoms with van der Waals surface area (Å²) in [5.74, 6) is 0.354. The maximum absolute atomic E-state index is 12.0. The smallest absolute Gasteiger partial charge is 0.338 e. The van der Waals surface area contributed by atoms with Gasteiger partial charge in [0.15, 0.2) is 0 Å². The van der Waals surface area contributed by atoms with Crippen LogP contribution in [0.15, 0.2) is 24.8 Å². The minimum atomic E-state index is -0.495. The summed E-state index contributed by atoms with van der Waals surface area (Å²) in [4.78, 5) is 16.3. The predicted octanol–water partition coefficient (Wildman–Crippen LogP) is 3.33. The van der Waals surface area contributed by atoms with Crippen LogP contribution < -0.4 is 5.32 Å². The molecule has 0 aromatic carbocycles. The molecule has 1 N–H and O–H groups in total. The number of nitrogens with one attached hydrogen (secondary N) is 1. The van der Waals surface area contributed by atoms with E-state index >= 15 is 0 Å². The molecule has 0 amide bonds. The Morgan fingerprint density at radius 1 is 1.47 bits per heavy atom. The number of aryl methyl sites for hydroxylation is 1. The van der Waals surface area contributed by atoms with Crippen molar-refractivity contribution < 1.29 is 9.53 Å². The van der Waals surface area contributed by atoms with Crippen LogP contribution in [0, 0.1) is 6.92 Å². The van der Waals surface area contributed by atoms with E-state index in [0.29, 0.717) is 11.4 Å². The first kappa shape index (κ1) is 15.2. The lowest BCUT2D eigenvalue weighted by molar-refractivity contribution is 0.00693. The van der Waals surface area contributed by atoms with Gasteiger partial charge in [0.25, 0.3) is 0 Å². The van der Waals surface area contributed by atoms with Gasteiger partial charge in [-0.05, 0) is 46.2 Å². The van der Waals surface area contributed by atoms with Gasteiger partial charge in [0.1, 0.15) is 11.4 Å². The predicted molar refractivity (Wildman–Crippen MR) is 77.4 cm³/mol. The highest BCUT2D eigenvalue weighted by atomic mass is 16.6. The maximum atomic E-state index is 12.0.